The summed E-state index contributed by atoms with van der Waals surface area (Å²) < 4.78 is 7.12. The molecule has 0 bridgehead atoms. The van der Waals surface area contributed by atoms with Crippen LogP contribution in [0.2, 0.25) is 0 Å². The number of fused-ring (bicyclic) bond motifs is 1. The molecule has 0 aliphatic rings. The minimum Gasteiger partial charge on any atom is -0.481 e. The van der Waals surface area contributed by atoms with E-state index >= 15 is 0 Å². The van der Waals surface area contributed by atoms with Gasteiger partial charge in [0.15, 0.2) is 0 Å². The number of carboxylic acid groups (broad SMARTS) is 1. The summed E-state index contributed by atoms with van der Waals surface area (Å²) in [5.41, 5.74) is 3.90. The van der Waals surface area contributed by atoms with Crippen molar-refractivity contribution in [2.24, 2.45) is 0 Å². The number of nitriles is 1. The molecule has 4 aromatic rings. The highest BCUT2D eigenvalue weighted by Gasteiger charge is 2.11. The fourth-order valence-corrected chi connectivity index (χ4v) is 3.34. The number of hydrogen-bond acceptors (Lipinski definition) is 5. The Labute approximate surface area is 178 Å². The molecule has 0 unspecified atom stereocenters. The van der Waals surface area contributed by atoms with E-state index in [0.717, 1.165) is 22.2 Å². The third kappa shape index (κ3) is 4.14. The van der Waals surface area contributed by atoms with E-state index in [-0.39, 0.29) is 5.56 Å². The van der Waals surface area contributed by atoms with Gasteiger partial charge in [-0.05, 0) is 41.5 Å². The van der Waals surface area contributed by atoms with Crippen LogP contribution in [0.1, 0.15) is 27.0 Å². The van der Waals surface area contributed by atoms with E-state index < -0.39 is 5.97 Å². The zero-order valence-electron chi connectivity index (χ0n) is 16.7. The van der Waals surface area contributed by atoms with Gasteiger partial charge in [0, 0.05) is 35.6 Å². The van der Waals surface area contributed by atoms with Crippen LogP contribution in [0, 0.1) is 11.3 Å². The van der Waals surface area contributed by atoms with Gasteiger partial charge in [0.2, 0.25) is 5.88 Å². The summed E-state index contributed by atoms with van der Waals surface area (Å²) in [4.78, 5) is 19.8. The standard InChI is InChI=1S/C24H18N4O3/c1-31-22-9-4-16(13-27-22)14-28-15-20(21-3-2-10-26-23(21)28)11-19(12-25)17-5-7-18(8-6-17)24(29)30/h2-11,13,15H,14H2,1H3,(H,29,30)/b19-11+. The van der Waals surface area contributed by atoms with E-state index in [1.807, 2.05) is 35.0 Å². The van der Waals surface area contributed by atoms with Gasteiger partial charge in [0.05, 0.1) is 30.9 Å². The number of nitrogens with zero attached hydrogens (tertiary/aromatic N) is 4. The van der Waals surface area contributed by atoms with Crippen LogP contribution in [0.15, 0.2) is 67.1 Å². The number of rotatable bonds is 6. The van der Waals surface area contributed by atoms with Gasteiger partial charge in [-0.1, -0.05) is 18.2 Å². The molecule has 0 aliphatic heterocycles. The van der Waals surface area contributed by atoms with E-state index in [4.69, 9.17) is 9.84 Å². The number of ether oxygens (including phenoxy) is 1. The minimum absolute atomic E-state index is 0.176. The van der Waals surface area contributed by atoms with E-state index in [1.54, 1.807) is 37.7 Å². The molecular weight excluding hydrogens is 392 g/mol. The number of allylic oxidation sites excluding steroid dienone is 1. The van der Waals surface area contributed by atoms with Crippen molar-refractivity contribution in [3.63, 3.8) is 0 Å². The normalized spacial score (nSPS) is 11.3. The lowest BCUT2D eigenvalue weighted by atomic mass is 10.0. The molecule has 0 amide bonds. The molecule has 7 nitrogen and oxygen atoms in total. The van der Waals surface area contributed by atoms with Crippen molar-refractivity contribution in [2.75, 3.05) is 7.11 Å². The molecule has 1 N–H and O–H groups in total. The monoisotopic (exact) mass is 410 g/mol. The largest absolute Gasteiger partial charge is 0.481 e. The Morgan fingerprint density at radius 3 is 2.58 bits per heavy atom. The minimum atomic E-state index is -1.00. The molecule has 0 atom stereocenters. The topological polar surface area (TPSA) is 101 Å². The molecule has 0 radical (unpaired) electrons. The number of carbonyl (C=O) groups is 1. The summed E-state index contributed by atoms with van der Waals surface area (Å²) in [6.45, 7) is 0.563. The second-order valence-electron chi connectivity index (χ2n) is 6.85. The maximum absolute atomic E-state index is 11.1. The predicted molar refractivity (Wildman–Crippen MR) is 117 cm³/mol. The van der Waals surface area contributed by atoms with Crippen molar-refractivity contribution in [2.45, 2.75) is 6.54 Å². The maximum atomic E-state index is 11.1. The Morgan fingerprint density at radius 2 is 1.94 bits per heavy atom. The first-order valence-electron chi connectivity index (χ1n) is 9.47. The highest BCUT2D eigenvalue weighted by molar-refractivity contribution is 5.97. The fourth-order valence-electron chi connectivity index (χ4n) is 3.34. The Kier molecular flexibility index (Phi) is 5.45. The Morgan fingerprint density at radius 1 is 1.16 bits per heavy atom. The average molecular weight is 410 g/mol. The van der Waals surface area contributed by atoms with Gasteiger partial charge in [-0.15, -0.1) is 0 Å². The number of carboxylic acids is 1. The molecule has 3 heterocycles. The molecule has 31 heavy (non-hydrogen) atoms. The van der Waals surface area contributed by atoms with E-state index in [1.165, 1.54) is 12.1 Å². The second kappa shape index (κ2) is 8.51. The van der Waals surface area contributed by atoms with Crippen LogP contribution in [0.3, 0.4) is 0 Å². The highest BCUT2D eigenvalue weighted by Crippen LogP contribution is 2.26. The molecule has 152 valence electrons. The molecule has 1 aromatic carbocycles. The quantitative estimate of drug-likeness (QED) is 0.477. The second-order valence-corrected chi connectivity index (χ2v) is 6.85. The van der Waals surface area contributed by atoms with E-state index in [9.17, 15) is 10.1 Å². The third-order valence-electron chi connectivity index (χ3n) is 4.89. The summed E-state index contributed by atoms with van der Waals surface area (Å²) in [6.07, 6.45) is 7.23. The summed E-state index contributed by atoms with van der Waals surface area (Å²) in [5.74, 6) is -0.452. The van der Waals surface area contributed by atoms with Gasteiger partial charge in [-0.2, -0.15) is 5.26 Å². The number of aromatic carboxylic acids is 1. The molecule has 0 saturated heterocycles. The molecule has 0 fully saturated rings. The lowest BCUT2D eigenvalue weighted by Gasteiger charge is -2.05. The summed E-state index contributed by atoms with van der Waals surface area (Å²) in [5, 5.41) is 19.7. The first-order chi connectivity index (χ1) is 15.1. The number of aromatic nitrogens is 3. The van der Waals surface area contributed by atoms with Crippen molar-refractivity contribution >= 4 is 28.7 Å². The number of hydrogen-bond donors (Lipinski definition) is 1. The van der Waals surface area contributed by atoms with Gasteiger partial charge >= 0.3 is 5.97 Å². The fraction of sp³-hybridized carbons (Fsp3) is 0.0833. The third-order valence-corrected chi connectivity index (χ3v) is 4.89. The zero-order chi connectivity index (χ0) is 21.8. The van der Waals surface area contributed by atoms with Gasteiger partial charge in [0.1, 0.15) is 5.65 Å². The van der Waals surface area contributed by atoms with E-state index in [0.29, 0.717) is 23.6 Å². The van der Waals surface area contributed by atoms with Gasteiger partial charge in [-0.3, -0.25) is 0 Å². The smallest absolute Gasteiger partial charge is 0.335 e. The Bertz CT molecular complexity index is 1310. The van der Waals surface area contributed by atoms with Crippen LogP contribution < -0.4 is 4.74 Å². The Balaban J connectivity index is 1.73. The van der Waals surface area contributed by atoms with Crippen LogP contribution in [0.4, 0.5) is 0 Å². The number of pyridine rings is 2. The van der Waals surface area contributed by atoms with Crippen LogP contribution in [-0.4, -0.2) is 32.7 Å². The average Bonchev–Trinajstić information content (AvgIpc) is 3.15. The van der Waals surface area contributed by atoms with Crippen molar-refractivity contribution in [3.8, 4) is 11.9 Å². The molecule has 0 saturated carbocycles. The van der Waals surface area contributed by atoms with Gasteiger partial charge in [-0.25, -0.2) is 14.8 Å². The molecule has 0 aliphatic carbocycles. The van der Waals surface area contributed by atoms with Crippen LogP contribution >= 0.6 is 0 Å². The zero-order valence-corrected chi connectivity index (χ0v) is 16.7. The first-order valence-corrected chi connectivity index (χ1v) is 9.47. The van der Waals surface area contributed by atoms with Crippen molar-refractivity contribution in [1.82, 2.24) is 14.5 Å². The molecule has 7 heteroatoms. The lowest BCUT2D eigenvalue weighted by molar-refractivity contribution is 0.0697. The SMILES string of the molecule is COc1ccc(Cn2cc(/C=C(\C#N)c3ccc(C(=O)O)cc3)c3cccnc32)cn1. The van der Waals surface area contributed by atoms with Crippen LogP contribution in [-0.2, 0) is 6.54 Å². The van der Waals surface area contributed by atoms with Crippen LogP contribution in [0.25, 0.3) is 22.7 Å². The number of methoxy groups -OCH3 is 1. The van der Waals surface area contributed by atoms with Gasteiger partial charge in [0.25, 0.3) is 0 Å². The molecule has 0 spiro atoms. The lowest BCUT2D eigenvalue weighted by Crippen LogP contribution is -2.00. The Hall–Kier alpha value is -4.44. The maximum Gasteiger partial charge on any atom is 0.335 e. The summed E-state index contributed by atoms with van der Waals surface area (Å²) in [6, 6.07) is 16.0. The molecule has 3 aromatic heterocycles. The number of benzene rings is 1. The molecule has 4 rings (SSSR count). The highest BCUT2D eigenvalue weighted by atomic mass is 16.5. The summed E-state index contributed by atoms with van der Waals surface area (Å²) in [7, 11) is 1.58. The summed E-state index contributed by atoms with van der Waals surface area (Å²) >= 11 is 0. The first kappa shape index (κ1) is 19.9. The van der Waals surface area contributed by atoms with Crippen LogP contribution in [0.5, 0.6) is 5.88 Å². The van der Waals surface area contributed by atoms with Crippen molar-refractivity contribution in [3.05, 3.63) is 89.4 Å². The van der Waals surface area contributed by atoms with Crippen molar-refractivity contribution < 1.29 is 14.6 Å². The van der Waals surface area contributed by atoms with Gasteiger partial charge < -0.3 is 14.4 Å². The van der Waals surface area contributed by atoms with Crippen molar-refractivity contribution in [1.29, 1.82) is 5.26 Å². The predicted octanol–water partition coefficient (Wildman–Crippen LogP) is 4.25. The van der Waals surface area contributed by atoms with E-state index in [2.05, 4.69) is 16.0 Å². The molecular formula is C24H18N4O3.